The maximum Gasteiger partial charge on any atom is 0.0412 e. The van der Waals surface area contributed by atoms with Gasteiger partial charge in [-0.15, -0.1) is 0 Å². The molecule has 0 bridgehead atoms. The van der Waals surface area contributed by atoms with Crippen LogP contribution in [0.2, 0.25) is 0 Å². The van der Waals surface area contributed by atoms with Crippen LogP contribution in [0, 0.1) is 5.41 Å². The molecule has 2 nitrogen and oxygen atoms in total. The summed E-state index contributed by atoms with van der Waals surface area (Å²) < 4.78 is 0. The fraction of sp³-hybridized carbons (Fsp3) is 0.667. The van der Waals surface area contributed by atoms with Crippen LogP contribution in [-0.4, -0.2) is 19.6 Å². The van der Waals surface area contributed by atoms with Crippen LogP contribution in [0.25, 0.3) is 0 Å². The van der Waals surface area contributed by atoms with Crippen LogP contribution < -0.4 is 10.2 Å². The van der Waals surface area contributed by atoms with E-state index in [1.165, 1.54) is 50.0 Å². The second-order valence-electron chi connectivity index (χ2n) is 6.27. The first kappa shape index (κ1) is 15.4. The van der Waals surface area contributed by atoms with E-state index in [2.05, 4.69) is 55.3 Å². The Morgan fingerprint density at radius 1 is 1.05 bits per heavy atom. The number of hydrogen-bond donors (Lipinski definition) is 1. The molecule has 1 saturated heterocycles. The van der Waals surface area contributed by atoms with Crippen molar-refractivity contribution >= 4 is 5.69 Å². The van der Waals surface area contributed by atoms with Crippen LogP contribution in [0.15, 0.2) is 24.3 Å². The van der Waals surface area contributed by atoms with E-state index in [1.807, 2.05) is 0 Å². The first-order chi connectivity index (χ1) is 9.74. The van der Waals surface area contributed by atoms with Crippen molar-refractivity contribution in [2.24, 2.45) is 5.41 Å². The van der Waals surface area contributed by atoms with Gasteiger partial charge in [0.1, 0.15) is 0 Å². The summed E-state index contributed by atoms with van der Waals surface area (Å²) in [6.45, 7) is 11.3. The van der Waals surface area contributed by atoms with Crippen molar-refractivity contribution in [1.29, 1.82) is 0 Å². The number of nitrogens with one attached hydrogen (secondary N) is 1. The molecule has 0 unspecified atom stereocenters. The number of anilines is 1. The highest BCUT2D eigenvalue weighted by molar-refractivity contribution is 5.56. The molecule has 0 aliphatic carbocycles. The Labute approximate surface area is 124 Å². The third-order valence-electron chi connectivity index (χ3n) is 4.51. The predicted octanol–water partition coefficient (Wildman–Crippen LogP) is 4.20. The number of para-hydroxylation sites is 1. The van der Waals surface area contributed by atoms with E-state index >= 15 is 0 Å². The average molecular weight is 274 g/mol. The second-order valence-corrected chi connectivity index (χ2v) is 6.27. The highest BCUT2D eigenvalue weighted by Crippen LogP contribution is 2.42. The van der Waals surface area contributed by atoms with Crippen LogP contribution in [0.1, 0.15) is 52.0 Å². The van der Waals surface area contributed by atoms with Crippen molar-refractivity contribution in [3.05, 3.63) is 29.8 Å². The molecule has 1 heterocycles. The third-order valence-corrected chi connectivity index (χ3v) is 4.51. The molecule has 0 amide bonds. The van der Waals surface area contributed by atoms with Gasteiger partial charge in [-0.25, -0.2) is 0 Å². The monoisotopic (exact) mass is 274 g/mol. The second kappa shape index (κ2) is 7.12. The smallest absolute Gasteiger partial charge is 0.0412 e. The molecule has 112 valence electrons. The van der Waals surface area contributed by atoms with Gasteiger partial charge in [0.2, 0.25) is 0 Å². The minimum absolute atomic E-state index is 0.592. The lowest BCUT2D eigenvalue weighted by atomic mass is 9.72. The van der Waals surface area contributed by atoms with E-state index in [0.717, 1.165) is 13.1 Å². The lowest BCUT2D eigenvalue weighted by Crippen LogP contribution is -2.56. The number of rotatable bonds is 8. The molecule has 2 rings (SSSR count). The Morgan fingerprint density at radius 3 is 2.30 bits per heavy atom. The molecule has 20 heavy (non-hydrogen) atoms. The van der Waals surface area contributed by atoms with Gasteiger partial charge in [-0.1, -0.05) is 51.8 Å². The SMILES string of the molecule is CCCC1(CCC)CN(c2ccccc2CNCC)C1. The van der Waals surface area contributed by atoms with Crippen LogP contribution in [0.5, 0.6) is 0 Å². The largest absolute Gasteiger partial charge is 0.370 e. The third kappa shape index (κ3) is 3.35. The van der Waals surface area contributed by atoms with E-state index in [-0.39, 0.29) is 0 Å². The molecule has 1 aromatic carbocycles. The number of hydrogen-bond acceptors (Lipinski definition) is 2. The minimum Gasteiger partial charge on any atom is -0.370 e. The molecule has 0 radical (unpaired) electrons. The lowest BCUT2D eigenvalue weighted by Gasteiger charge is -2.52. The number of benzene rings is 1. The van der Waals surface area contributed by atoms with Crippen LogP contribution in [0.3, 0.4) is 0 Å². The van der Waals surface area contributed by atoms with Gasteiger partial charge < -0.3 is 10.2 Å². The highest BCUT2D eigenvalue weighted by atomic mass is 15.2. The molecular formula is C18H30N2. The minimum atomic E-state index is 0.592. The quantitative estimate of drug-likeness (QED) is 0.764. The standard InChI is InChI=1S/C18H30N2/c1-4-11-18(12-5-2)14-20(15-18)17-10-8-7-9-16(17)13-19-6-3/h7-10,19H,4-6,11-15H2,1-3H3. The molecule has 1 N–H and O–H groups in total. The van der Waals surface area contributed by atoms with Gasteiger partial charge in [0, 0.05) is 30.7 Å². The Kier molecular flexibility index (Phi) is 5.47. The highest BCUT2D eigenvalue weighted by Gasteiger charge is 2.41. The van der Waals surface area contributed by atoms with E-state index in [1.54, 1.807) is 0 Å². The van der Waals surface area contributed by atoms with E-state index in [0.29, 0.717) is 5.41 Å². The molecule has 1 fully saturated rings. The fourth-order valence-electron chi connectivity index (χ4n) is 3.66. The van der Waals surface area contributed by atoms with Crippen LogP contribution in [-0.2, 0) is 6.54 Å². The van der Waals surface area contributed by atoms with Gasteiger partial charge in [-0.3, -0.25) is 0 Å². The van der Waals surface area contributed by atoms with Gasteiger partial charge in [0.25, 0.3) is 0 Å². The van der Waals surface area contributed by atoms with Gasteiger partial charge in [0.05, 0.1) is 0 Å². The Balaban J connectivity index is 2.04. The maximum absolute atomic E-state index is 3.45. The lowest BCUT2D eigenvalue weighted by molar-refractivity contribution is 0.173. The van der Waals surface area contributed by atoms with Crippen molar-refractivity contribution in [2.75, 3.05) is 24.5 Å². The van der Waals surface area contributed by atoms with Crippen molar-refractivity contribution in [1.82, 2.24) is 5.32 Å². The van der Waals surface area contributed by atoms with Crippen LogP contribution >= 0.6 is 0 Å². The van der Waals surface area contributed by atoms with Crippen LogP contribution in [0.4, 0.5) is 5.69 Å². The average Bonchev–Trinajstić information content (AvgIpc) is 2.42. The summed E-state index contributed by atoms with van der Waals surface area (Å²) >= 11 is 0. The predicted molar refractivity (Wildman–Crippen MR) is 88.3 cm³/mol. The van der Waals surface area contributed by atoms with Crippen molar-refractivity contribution in [3.63, 3.8) is 0 Å². The van der Waals surface area contributed by atoms with E-state index in [4.69, 9.17) is 0 Å². The summed E-state index contributed by atoms with van der Waals surface area (Å²) in [5.41, 5.74) is 3.47. The Hall–Kier alpha value is -1.02. The van der Waals surface area contributed by atoms with Crippen molar-refractivity contribution < 1.29 is 0 Å². The van der Waals surface area contributed by atoms with Gasteiger partial charge >= 0.3 is 0 Å². The fourth-order valence-corrected chi connectivity index (χ4v) is 3.66. The molecule has 2 heteroatoms. The molecule has 0 aromatic heterocycles. The van der Waals surface area contributed by atoms with Gasteiger partial charge in [0.15, 0.2) is 0 Å². The Morgan fingerprint density at radius 2 is 1.70 bits per heavy atom. The molecule has 1 aliphatic rings. The summed E-state index contributed by atoms with van der Waals surface area (Å²) in [7, 11) is 0. The summed E-state index contributed by atoms with van der Waals surface area (Å²) in [6, 6.07) is 8.87. The van der Waals surface area contributed by atoms with Gasteiger partial charge in [-0.2, -0.15) is 0 Å². The van der Waals surface area contributed by atoms with Crippen molar-refractivity contribution in [2.45, 2.75) is 53.0 Å². The molecule has 1 aromatic rings. The molecular weight excluding hydrogens is 244 g/mol. The summed E-state index contributed by atoms with van der Waals surface area (Å²) in [5.74, 6) is 0. The molecule has 1 aliphatic heterocycles. The zero-order valence-corrected chi connectivity index (χ0v) is 13.4. The Bertz CT molecular complexity index is 400. The van der Waals surface area contributed by atoms with E-state index in [9.17, 15) is 0 Å². The first-order valence-corrected chi connectivity index (χ1v) is 8.28. The topological polar surface area (TPSA) is 15.3 Å². The van der Waals surface area contributed by atoms with Crippen molar-refractivity contribution in [3.8, 4) is 0 Å². The summed E-state index contributed by atoms with van der Waals surface area (Å²) in [5, 5.41) is 3.45. The molecule has 0 atom stereocenters. The summed E-state index contributed by atoms with van der Waals surface area (Å²) in [4.78, 5) is 2.58. The molecule has 0 saturated carbocycles. The first-order valence-electron chi connectivity index (χ1n) is 8.28. The van der Waals surface area contributed by atoms with E-state index < -0.39 is 0 Å². The maximum atomic E-state index is 3.45. The number of nitrogens with zero attached hydrogens (tertiary/aromatic N) is 1. The zero-order valence-electron chi connectivity index (χ0n) is 13.4. The summed E-state index contributed by atoms with van der Waals surface area (Å²) in [6.07, 6.45) is 5.39. The molecule has 0 spiro atoms. The normalized spacial score (nSPS) is 17.1. The zero-order chi connectivity index (χ0) is 14.4. The van der Waals surface area contributed by atoms with Gasteiger partial charge in [-0.05, 0) is 31.0 Å².